The fourth-order valence-electron chi connectivity index (χ4n) is 3.28. The summed E-state index contributed by atoms with van der Waals surface area (Å²) in [5.74, 6) is -0.109. The number of nitrogens with one attached hydrogen (secondary N) is 2. The van der Waals surface area contributed by atoms with E-state index in [0.29, 0.717) is 36.4 Å². The maximum absolute atomic E-state index is 12.6. The Morgan fingerprint density at radius 2 is 1.43 bits per heavy atom. The van der Waals surface area contributed by atoms with E-state index in [0.717, 1.165) is 12.8 Å². The molecule has 1 aliphatic rings. The Labute approximate surface area is 177 Å². The van der Waals surface area contributed by atoms with Gasteiger partial charge in [-0.3, -0.25) is 9.59 Å². The minimum absolute atomic E-state index is 0.0502. The molecule has 1 aliphatic heterocycles. The molecule has 0 spiro atoms. The Hall–Kier alpha value is -2.71. The van der Waals surface area contributed by atoms with Crippen molar-refractivity contribution in [2.75, 3.05) is 23.7 Å². The molecule has 1 heterocycles. The van der Waals surface area contributed by atoms with Crippen LogP contribution in [0.3, 0.4) is 0 Å². The highest BCUT2D eigenvalue weighted by atomic mass is 32.2. The largest absolute Gasteiger partial charge is 0.326 e. The Bertz CT molecular complexity index is 994. The fraction of sp³-hybridized carbons (Fsp3) is 0.364. The van der Waals surface area contributed by atoms with Crippen molar-refractivity contribution in [3.05, 3.63) is 54.1 Å². The molecule has 0 atom stereocenters. The molecule has 2 aromatic carbocycles. The fourth-order valence-corrected chi connectivity index (χ4v) is 4.80. The predicted octanol–water partition coefficient (Wildman–Crippen LogP) is 3.71. The molecular formula is C22H27N3O4S. The molecule has 8 heteroatoms. The van der Waals surface area contributed by atoms with Crippen LogP contribution in [-0.4, -0.2) is 37.6 Å². The molecule has 0 radical (unpaired) electrons. The standard InChI is InChI=1S/C22H27N3O4S/c1-16(2)15-21(26)23-18-7-9-19(10-8-18)24-22(27)17-5-11-20(12-6-17)30(28,29)25-13-3-4-14-25/h5-12,16H,3-4,13-15H2,1-2H3,(H,23,26)(H,24,27). The monoisotopic (exact) mass is 429 g/mol. The normalized spacial score (nSPS) is 14.6. The summed E-state index contributed by atoms with van der Waals surface area (Å²) in [5, 5.41) is 5.59. The van der Waals surface area contributed by atoms with Crippen molar-refractivity contribution in [2.24, 2.45) is 5.92 Å². The van der Waals surface area contributed by atoms with Gasteiger partial charge in [0.15, 0.2) is 0 Å². The van der Waals surface area contributed by atoms with Crippen molar-refractivity contribution in [3.63, 3.8) is 0 Å². The zero-order valence-electron chi connectivity index (χ0n) is 17.2. The average molecular weight is 430 g/mol. The highest BCUT2D eigenvalue weighted by Crippen LogP contribution is 2.21. The van der Waals surface area contributed by atoms with Gasteiger partial charge in [0.05, 0.1) is 4.90 Å². The lowest BCUT2D eigenvalue weighted by Gasteiger charge is -2.15. The number of rotatable bonds is 7. The number of hydrogen-bond acceptors (Lipinski definition) is 4. The van der Waals surface area contributed by atoms with Crippen molar-refractivity contribution >= 4 is 33.2 Å². The number of sulfonamides is 1. The first-order chi connectivity index (χ1) is 14.3. The van der Waals surface area contributed by atoms with E-state index in [2.05, 4.69) is 10.6 Å². The van der Waals surface area contributed by atoms with Gasteiger partial charge in [-0.15, -0.1) is 0 Å². The number of anilines is 2. The minimum Gasteiger partial charge on any atom is -0.326 e. The number of nitrogens with zero attached hydrogens (tertiary/aromatic N) is 1. The van der Waals surface area contributed by atoms with Crippen LogP contribution in [0.5, 0.6) is 0 Å². The Balaban J connectivity index is 1.61. The van der Waals surface area contributed by atoms with Crippen LogP contribution in [0.25, 0.3) is 0 Å². The number of carbonyl (C=O) groups is 2. The first-order valence-corrected chi connectivity index (χ1v) is 11.5. The molecule has 2 aromatic rings. The second kappa shape index (κ2) is 9.40. The quantitative estimate of drug-likeness (QED) is 0.701. The highest BCUT2D eigenvalue weighted by Gasteiger charge is 2.27. The first-order valence-electron chi connectivity index (χ1n) is 10.1. The Kier molecular flexibility index (Phi) is 6.89. The lowest BCUT2D eigenvalue weighted by atomic mass is 10.1. The Morgan fingerprint density at radius 1 is 0.900 bits per heavy atom. The van der Waals surface area contributed by atoms with Crippen LogP contribution in [0.4, 0.5) is 11.4 Å². The van der Waals surface area contributed by atoms with E-state index in [9.17, 15) is 18.0 Å². The third-order valence-corrected chi connectivity index (χ3v) is 6.75. The molecule has 0 unspecified atom stereocenters. The molecule has 3 rings (SSSR count). The van der Waals surface area contributed by atoms with Gasteiger partial charge in [-0.25, -0.2) is 8.42 Å². The second-order valence-electron chi connectivity index (χ2n) is 7.81. The lowest BCUT2D eigenvalue weighted by molar-refractivity contribution is -0.116. The van der Waals surface area contributed by atoms with Crippen LogP contribution >= 0.6 is 0 Å². The summed E-state index contributed by atoms with van der Waals surface area (Å²) in [6, 6.07) is 12.8. The van der Waals surface area contributed by atoms with Gasteiger partial charge in [0.2, 0.25) is 15.9 Å². The van der Waals surface area contributed by atoms with Crippen LogP contribution in [0, 0.1) is 5.92 Å². The predicted molar refractivity (Wildman–Crippen MR) is 117 cm³/mol. The second-order valence-corrected chi connectivity index (χ2v) is 9.75. The first kappa shape index (κ1) is 22.0. The minimum atomic E-state index is -3.50. The smallest absolute Gasteiger partial charge is 0.255 e. The summed E-state index contributed by atoms with van der Waals surface area (Å²) in [6.45, 7) is 5.04. The van der Waals surface area contributed by atoms with Gasteiger partial charge in [-0.1, -0.05) is 13.8 Å². The van der Waals surface area contributed by atoms with Crippen LogP contribution in [0.2, 0.25) is 0 Å². The van der Waals surface area contributed by atoms with Crippen LogP contribution in [-0.2, 0) is 14.8 Å². The molecule has 1 saturated heterocycles. The summed E-state index contributed by atoms with van der Waals surface area (Å²) in [6.07, 6.45) is 2.20. The van der Waals surface area contributed by atoms with E-state index in [4.69, 9.17) is 0 Å². The van der Waals surface area contributed by atoms with Crippen LogP contribution in [0.1, 0.15) is 43.5 Å². The van der Waals surface area contributed by atoms with Crippen LogP contribution < -0.4 is 10.6 Å². The zero-order chi connectivity index (χ0) is 21.7. The van der Waals surface area contributed by atoms with E-state index in [1.165, 1.54) is 28.6 Å². The van der Waals surface area contributed by atoms with Crippen LogP contribution in [0.15, 0.2) is 53.4 Å². The summed E-state index contributed by atoms with van der Waals surface area (Å²) in [5.41, 5.74) is 1.61. The summed E-state index contributed by atoms with van der Waals surface area (Å²) in [4.78, 5) is 24.5. The van der Waals surface area contributed by atoms with E-state index in [1.54, 1.807) is 24.3 Å². The zero-order valence-corrected chi connectivity index (χ0v) is 18.0. The van der Waals surface area contributed by atoms with E-state index in [1.807, 2.05) is 13.8 Å². The molecule has 7 nitrogen and oxygen atoms in total. The topological polar surface area (TPSA) is 95.6 Å². The molecule has 0 saturated carbocycles. The van der Waals surface area contributed by atoms with Crippen molar-refractivity contribution < 1.29 is 18.0 Å². The molecular weight excluding hydrogens is 402 g/mol. The van der Waals surface area contributed by atoms with Gasteiger partial charge in [-0.05, 0) is 67.3 Å². The average Bonchev–Trinajstić information content (AvgIpc) is 3.25. The van der Waals surface area contributed by atoms with Crippen molar-refractivity contribution in [3.8, 4) is 0 Å². The maximum atomic E-state index is 12.6. The molecule has 0 bridgehead atoms. The van der Waals surface area contributed by atoms with E-state index in [-0.39, 0.29) is 22.6 Å². The van der Waals surface area contributed by atoms with Gasteiger partial charge in [0.25, 0.3) is 5.91 Å². The molecule has 0 aromatic heterocycles. The third-order valence-electron chi connectivity index (χ3n) is 4.84. The molecule has 2 amide bonds. The SMILES string of the molecule is CC(C)CC(=O)Nc1ccc(NC(=O)c2ccc(S(=O)(=O)N3CCCC3)cc2)cc1. The third kappa shape index (κ3) is 5.46. The van der Waals surface area contributed by atoms with E-state index >= 15 is 0 Å². The number of benzene rings is 2. The van der Waals surface area contributed by atoms with Gasteiger partial charge in [-0.2, -0.15) is 4.31 Å². The lowest BCUT2D eigenvalue weighted by Crippen LogP contribution is -2.27. The molecule has 30 heavy (non-hydrogen) atoms. The number of carbonyl (C=O) groups excluding carboxylic acids is 2. The Morgan fingerprint density at radius 3 is 1.97 bits per heavy atom. The van der Waals surface area contributed by atoms with Gasteiger partial charge < -0.3 is 10.6 Å². The summed E-state index contributed by atoms with van der Waals surface area (Å²) < 4.78 is 26.6. The molecule has 2 N–H and O–H groups in total. The van der Waals surface area contributed by atoms with Crippen molar-refractivity contribution in [1.29, 1.82) is 0 Å². The highest BCUT2D eigenvalue weighted by molar-refractivity contribution is 7.89. The van der Waals surface area contributed by atoms with Gasteiger partial charge in [0.1, 0.15) is 0 Å². The summed E-state index contributed by atoms with van der Waals surface area (Å²) in [7, 11) is -3.50. The number of amides is 2. The van der Waals surface area contributed by atoms with E-state index < -0.39 is 10.0 Å². The molecule has 0 aliphatic carbocycles. The number of hydrogen-bond donors (Lipinski definition) is 2. The van der Waals surface area contributed by atoms with Crippen molar-refractivity contribution in [2.45, 2.75) is 38.0 Å². The molecule has 160 valence electrons. The molecule has 1 fully saturated rings. The maximum Gasteiger partial charge on any atom is 0.255 e. The van der Waals surface area contributed by atoms with Gasteiger partial charge in [0, 0.05) is 36.4 Å². The van der Waals surface area contributed by atoms with Gasteiger partial charge >= 0.3 is 0 Å². The summed E-state index contributed by atoms with van der Waals surface area (Å²) >= 11 is 0. The van der Waals surface area contributed by atoms with Crippen molar-refractivity contribution in [1.82, 2.24) is 4.31 Å².